The zero-order valence-electron chi connectivity index (χ0n) is 14.0. The van der Waals surface area contributed by atoms with Crippen molar-refractivity contribution in [3.63, 3.8) is 0 Å². The van der Waals surface area contributed by atoms with Gasteiger partial charge in [0.1, 0.15) is 23.4 Å². The summed E-state index contributed by atoms with van der Waals surface area (Å²) in [4.78, 5) is 21.6. The maximum atomic E-state index is 14.5. The van der Waals surface area contributed by atoms with E-state index in [4.69, 9.17) is 9.47 Å². The van der Waals surface area contributed by atoms with Crippen LogP contribution in [-0.4, -0.2) is 39.9 Å². The van der Waals surface area contributed by atoms with Gasteiger partial charge in [-0.1, -0.05) is 6.07 Å². The highest BCUT2D eigenvalue weighted by molar-refractivity contribution is 9.10. The van der Waals surface area contributed by atoms with Crippen LogP contribution in [0.3, 0.4) is 0 Å². The number of carbonyl (C=O) groups excluding carboxylic acids is 1. The average molecular weight is 433 g/mol. The van der Waals surface area contributed by atoms with Crippen LogP contribution in [0, 0.1) is 5.82 Å². The molecule has 9 heteroatoms. The Morgan fingerprint density at radius 2 is 2.19 bits per heavy atom. The maximum absolute atomic E-state index is 14.5. The van der Waals surface area contributed by atoms with Gasteiger partial charge in [-0.15, -0.1) is 0 Å². The first kappa shape index (κ1) is 17.5. The van der Waals surface area contributed by atoms with Crippen molar-refractivity contribution in [3.05, 3.63) is 65.5 Å². The Labute approximate surface area is 162 Å². The molecule has 0 radical (unpaired) electrons. The third-order valence-corrected chi connectivity index (χ3v) is 4.41. The number of cyclic esters (lactones) is 1. The van der Waals surface area contributed by atoms with Gasteiger partial charge in [-0.05, 0) is 40.2 Å². The van der Waals surface area contributed by atoms with Gasteiger partial charge in [0.15, 0.2) is 6.10 Å². The number of hydrogen-bond donors (Lipinski definition) is 0. The molecule has 0 bridgehead atoms. The van der Waals surface area contributed by atoms with E-state index >= 15 is 0 Å². The lowest BCUT2D eigenvalue weighted by atomic mass is 10.2. The molecule has 1 aliphatic rings. The zero-order valence-corrected chi connectivity index (χ0v) is 15.5. The van der Waals surface area contributed by atoms with E-state index in [2.05, 4.69) is 25.9 Å². The van der Waals surface area contributed by atoms with Crippen molar-refractivity contribution in [2.75, 3.05) is 18.1 Å². The highest BCUT2D eigenvalue weighted by Crippen LogP contribution is 2.26. The molecule has 0 aliphatic carbocycles. The summed E-state index contributed by atoms with van der Waals surface area (Å²) in [5.74, 6) is -0.0210. The fourth-order valence-corrected chi connectivity index (χ4v) is 3.05. The Kier molecular flexibility index (Phi) is 4.76. The Morgan fingerprint density at radius 1 is 1.30 bits per heavy atom. The van der Waals surface area contributed by atoms with Crippen LogP contribution in [0.25, 0.3) is 5.69 Å². The molecule has 7 nitrogen and oxygen atoms in total. The summed E-state index contributed by atoms with van der Waals surface area (Å²) in [5, 5.41) is 0. The van der Waals surface area contributed by atoms with Gasteiger partial charge in [-0.25, -0.2) is 19.2 Å². The highest BCUT2D eigenvalue weighted by atomic mass is 79.9. The second kappa shape index (κ2) is 7.36. The third-order valence-electron chi connectivity index (χ3n) is 4.00. The first-order valence-corrected chi connectivity index (χ1v) is 8.91. The van der Waals surface area contributed by atoms with Gasteiger partial charge in [0.25, 0.3) is 0 Å². The SMILES string of the molecule is O=C1OC(COc2ccccn2)CN1c1ccc(-n2cnc(Br)c2)c(F)c1. The fourth-order valence-electron chi connectivity index (χ4n) is 2.73. The van der Waals surface area contributed by atoms with Gasteiger partial charge in [0.2, 0.25) is 5.88 Å². The molecule has 1 saturated heterocycles. The number of pyridine rings is 1. The number of carbonyl (C=O) groups is 1. The summed E-state index contributed by atoms with van der Waals surface area (Å²) in [5.41, 5.74) is 0.750. The molecule has 3 heterocycles. The van der Waals surface area contributed by atoms with Crippen LogP contribution in [0.1, 0.15) is 0 Å². The lowest BCUT2D eigenvalue weighted by Gasteiger charge is -2.14. The Morgan fingerprint density at radius 3 is 2.89 bits per heavy atom. The molecule has 1 amide bonds. The number of halogens is 2. The Balaban J connectivity index is 1.45. The normalized spacial score (nSPS) is 16.4. The molecular formula is C18H14BrFN4O3. The third kappa shape index (κ3) is 3.77. The summed E-state index contributed by atoms with van der Waals surface area (Å²) >= 11 is 3.23. The molecule has 0 spiro atoms. The molecule has 1 atom stereocenters. The van der Waals surface area contributed by atoms with Crippen LogP contribution in [0.2, 0.25) is 0 Å². The maximum Gasteiger partial charge on any atom is 0.414 e. The molecule has 0 N–H and O–H groups in total. The van der Waals surface area contributed by atoms with Gasteiger partial charge in [0, 0.05) is 18.5 Å². The number of rotatable bonds is 5. The molecule has 3 aromatic rings. The predicted molar refractivity (Wildman–Crippen MR) is 98.6 cm³/mol. The number of hydrogen-bond acceptors (Lipinski definition) is 5. The van der Waals surface area contributed by atoms with E-state index in [0.29, 0.717) is 21.9 Å². The number of imidazole rings is 1. The first-order chi connectivity index (χ1) is 13.1. The molecule has 1 unspecified atom stereocenters. The lowest BCUT2D eigenvalue weighted by molar-refractivity contribution is 0.103. The molecule has 138 valence electrons. The number of benzene rings is 1. The van der Waals surface area contributed by atoms with Crippen molar-refractivity contribution in [2.24, 2.45) is 0 Å². The van der Waals surface area contributed by atoms with Crippen LogP contribution in [0.15, 0.2) is 59.7 Å². The summed E-state index contributed by atoms with van der Waals surface area (Å²) in [6.45, 7) is 0.434. The van der Waals surface area contributed by atoms with Gasteiger partial charge in [0.05, 0.1) is 17.9 Å². The summed E-state index contributed by atoms with van der Waals surface area (Å²) < 4.78 is 27.5. The molecule has 0 saturated carbocycles. The van der Waals surface area contributed by atoms with E-state index in [1.165, 1.54) is 17.3 Å². The van der Waals surface area contributed by atoms with E-state index in [0.717, 1.165) is 0 Å². The first-order valence-electron chi connectivity index (χ1n) is 8.11. The largest absolute Gasteiger partial charge is 0.474 e. The van der Waals surface area contributed by atoms with Crippen LogP contribution in [-0.2, 0) is 4.74 Å². The zero-order chi connectivity index (χ0) is 18.8. The number of nitrogens with zero attached hydrogens (tertiary/aromatic N) is 4. The van der Waals surface area contributed by atoms with Crippen molar-refractivity contribution < 1.29 is 18.7 Å². The van der Waals surface area contributed by atoms with E-state index in [-0.39, 0.29) is 13.2 Å². The van der Waals surface area contributed by atoms with E-state index in [1.807, 2.05) is 0 Å². The van der Waals surface area contributed by atoms with Crippen molar-refractivity contribution >= 4 is 27.7 Å². The molecular weight excluding hydrogens is 419 g/mol. The number of anilines is 1. The van der Waals surface area contributed by atoms with Gasteiger partial charge in [-0.3, -0.25) is 4.90 Å². The Bertz CT molecular complexity index is 966. The minimum Gasteiger partial charge on any atom is -0.474 e. The summed E-state index contributed by atoms with van der Waals surface area (Å²) in [7, 11) is 0. The highest BCUT2D eigenvalue weighted by Gasteiger charge is 2.33. The van der Waals surface area contributed by atoms with Crippen LogP contribution < -0.4 is 9.64 Å². The number of aromatic nitrogens is 3. The van der Waals surface area contributed by atoms with Crippen LogP contribution in [0.5, 0.6) is 5.88 Å². The molecule has 27 heavy (non-hydrogen) atoms. The minimum absolute atomic E-state index is 0.170. The quantitative estimate of drug-likeness (QED) is 0.616. The van der Waals surface area contributed by atoms with Crippen molar-refractivity contribution in [3.8, 4) is 11.6 Å². The van der Waals surface area contributed by atoms with E-state index in [9.17, 15) is 9.18 Å². The second-order valence-corrected chi connectivity index (χ2v) is 6.65. The van der Waals surface area contributed by atoms with Crippen LogP contribution in [0.4, 0.5) is 14.9 Å². The van der Waals surface area contributed by atoms with E-state index in [1.54, 1.807) is 47.3 Å². The topological polar surface area (TPSA) is 69.5 Å². The van der Waals surface area contributed by atoms with E-state index < -0.39 is 18.0 Å². The van der Waals surface area contributed by atoms with Gasteiger partial charge < -0.3 is 14.0 Å². The monoisotopic (exact) mass is 432 g/mol. The standard InChI is InChI=1S/C18H14BrFN4O3/c19-16-9-23(11-22-16)15-5-4-12(7-14(15)20)24-8-13(27-18(24)25)10-26-17-3-1-2-6-21-17/h1-7,9,11,13H,8,10H2. The second-order valence-electron chi connectivity index (χ2n) is 5.83. The van der Waals surface area contributed by atoms with Crippen LogP contribution >= 0.6 is 15.9 Å². The lowest BCUT2D eigenvalue weighted by Crippen LogP contribution is -2.26. The summed E-state index contributed by atoms with van der Waals surface area (Å²) in [6, 6.07) is 9.85. The Hall–Kier alpha value is -2.94. The average Bonchev–Trinajstić information content (AvgIpc) is 3.26. The summed E-state index contributed by atoms with van der Waals surface area (Å²) in [6.07, 6.45) is 3.75. The minimum atomic E-state index is -0.540. The fraction of sp³-hybridized carbons (Fsp3) is 0.167. The van der Waals surface area contributed by atoms with Crippen molar-refractivity contribution in [2.45, 2.75) is 6.10 Å². The van der Waals surface area contributed by atoms with Gasteiger partial charge in [-0.2, -0.15) is 0 Å². The molecule has 2 aromatic heterocycles. The van der Waals surface area contributed by atoms with Crippen molar-refractivity contribution in [1.82, 2.24) is 14.5 Å². The number of amides is 1. The van der Waals surface area contributed by atoms with Crippen molar-refractivity contribution in [1.29, 1.82) is 0 Å². The smallest absolute Gasteiger partial charge is 0.414 e. The predicted octanol–water partition coefficient (Wildman–Crippen LogP) is 3.57. The number of ether oxygens (including phenoxy) is 2. The molecule has 1 fully saturated rings. The molecule has 4 rings (SSSR count). The molecule has 1 aromatic carbocycles. The van der Waals surface area contributed by atoms with Gasteiger partial charge >= 0.3 is 6.09 Å². The molecule has 1 aliphatic heterocycles.